The number of ether oxygens (including phenoxy) is 1. The van der Waals surface area contributed by atoms with Crippen LogP contribution < -0.4 is 10.1 Å². The van der Waals surface area contributed by atoms with E-state index in [-0.39, 0.29) is 0 Å². The van der Waals surface area contributed by atoms with Crippen molar-refractivity contribution in [2.24, 2.45) is 0 Å². The summed E-state index contributed by atoms with van der Waals surface area (Å²) in [6.45, 7) is 1.88. The van der Waals surface area contributed by atoms with Crippen LogP contribution in [0.5, 0.6) is 5.88 Å². The van der Waals surface area contributed by atoms with Crippen molar-refractivity contribution in [1.82, 2.24) is 10.3 Å². The summed E-state index contributed by atoms with van der Waals surface area (Å²) in [7, 11) is 1.65. The summed E-state index contributed by atoms with van der Waals surface area (Å²) in [6.07, 6.45) is 0. The van der Waals surface area contributed by atoms with Crippen molar-refractivity contribution in [1.29, 1.82) is 0 Å². The van der Waals surface area contributed by atoms with E-state index in [1.54, 1.807) is 7.11 Å². The molecule has 1 atom stereocenters. The molecule has 17 heavy (non-hydrogen) atoms. The summed E-state index contributed by atoms with van der Waals surface area (Å²) in [5, 5.41) is 4.22. The van der Waals surface area contributed by atoms with Crippen LogP contribution in [0.25, 0.3) is 0 Å². The Bertz CT molecular complexity index is 343. The Labute approximate surface area is 111 Å². The summed E-state index contributed by atoms with van der Waals surface area (Å²) >= 11 is 4.14. The summed E-state index contributed by atoms with van der Waals surface area (Å²) in [5.74, 6) is 4.54. The minimum absolute atomic E-state index is 0.687. The van der Waals surface area contributed by atoms with Crippen molar-refractivity contribution in [3.8, 4) is 5.88 Å². The maximum atomic E-state index is 5.10. The average molecular weight is 270 g/mol. The first-order valence-corrected chi connectivity index (χ1v) is 7.99. The largest absolute Gasteiger partial charge is 0.481 e. The van der Waals surface area contributed by atoms with Gasteiger partial charge < -0.3 is 10.1 Å². The predicted octanol–water partition coefficient (Wildman–Crippen LogP) is 2.03. The van der Waals surface area contributed by atoms with Crippen molar-refractivity contribution >= 4 is 23.5 Å². The van der Waals surface area contributed by atoms with Crippen molar-refractivity contribution in [3.63, 3.8) is 0 Å². The Hall–Kier alpha value is -0.390. The second-order valence-electron chi connectivity index (χ2n) is 3.87. The van der Waals surface area contributed by atoms with Gasteiger partial charge >= 0.3 is 0 Å². The van der Waals surface area contributed by atoms with Gasteiger partial charge in [-0.05, 0) is 6.07 Å². The number of pyridine rings is 1. The van der Waals surface area contributed by atoms with E-state index >= 15 is 0 Å². The molecule has 0 aromatic carbocycles. The van der Waals surface area contributed by atoms with Gasteiger partial charge in [0.25, 0.3) is 0 Å². The molecule has 1 N–H and O–H groups in total. The molecule has 1 aliphatic rings. The molecule has 1 unspecified atom stereocenters. The number of nitrogens with zero attached hydrogens (tertiary/aromatic N) is 1. The molecule has 1 fully saturated rings. The zero-order chi connectivity index (χ0) is 11.9. The van der Waals surface area contributed by atoms with Crippen LogP contribution >= 0.6 is 23.5 Å². The Kier molecular flexibility index (Phi) is 5.48. The fourth-order valence-corrected chi connectivity index (χ4v) is 4.33. The molecule has 2 heterocycles. The van der Waals surface area contributed by atoms with E-state index in [1.807, 2.05) is 18.2 Å². The summed E-state index contributed by atoms with van der Waals surface area (Å²) in [4.78, 5) is 4.38. The van der Waals surface area contributed by atoms with Crippen LogP contribution in [0.4, 0.5) is 0 Å². The molecule has 0 saturated carbocycles. The van der Waals surface area contributed by atoms with Crippen molar-refractivity contribution < 1.29 is 4.74 Å². The number of rotatable bonds is 5. The van der Waals surface area contributed by atoms with Crippen molar-refractivity contribution in [2.75, 3.05) is 30.9 Å². The average Bonchev–Trinajstić information content (AvgIpc) is 2.40. The third-order valence-electron chi connectivity index (χ3n) is 2.55. The summed E-state index contributed by atoms with van der Waals surface area (Å²) in [6, 6.07) is 5.88. The van der Waals surface area contributed by atoms with Gasteiger partial charge in [0.15, 0.2) is 0 Å². The molecule has 1 aromatic rings. The van der Waals surface area contributed by atoms with E-state index in [4.69, 9.17) is 4.74 Å². The van der Waals surface area contributed by atoms with E-state index in [0.717, 1.165) is 24.0 Å². The number of hydrogen-bond donors (Lipinski definition) is 1. The van der Waals surface area contributed by atoms with Gasteiger partial charge in [-0.15, -0.1) is 0 Å². The van der Waals surface area contributed by atoms with Crippen LogP contribution in [0.1, 0.15) is 5.69 Å². The quantitative estimate of drug-likeness (QED) is 0.885. The first-order valence-electron chi connectivity index (χ1n) is 5.78. The molecule has 3 nitrogen and oxygen atoms in total. The molecule has 0 amide bonds. The number of methoxy groups -OCH3 is 1. The summed E-state index contributed by atoms with van der Waals surface area (Å²) < 4.78 is 5.10. The monoisotopic (exact) mass is 270 g/mol. The third-order valence-corrected chi connectivity index (χ3v) is 5.40. The minimum Gasteiger partial charge on any atom is -0.481 e. The molecule has 0 bridgehead atoms. The highest BCUT2D eigenvalue weighted by molar-refractivity contribution is 8.06. The normalized spacial score (nSPS) is 20.2. The number of nitrogens with one attached hydrogen (secondary N) is 1. The SMILES string of the molecule is COc1cccc(CNCC2CSCCS2)n1. The van der Waals surface area contributed by atoms with Crippen LogP contribution in [0.2, 0.25) is 0 Å². The van der Waals surface area contributed by atoms with Gasteiger partial charge in [0.2, 0.25) is 5.88 Å². The standard InChI is InChI=1S/C12H18N2OS2/c1-15-12-4-2-3-10(14-12)7-13-8-11-9-16-5-6-17-11/h2-4,11,13H,5-9H2,1H3. The lowest BCUT2D eigenvalue weighted by Gasteiger charge is -2.21. The van der Waals surface area contributed by atoms with E-state index < -0.39 is 0 Å². The minimum atomic E-state index is 0.687. The molecule has 5 heteroatoms. The highest BCUT2D eigenvalue weighted by Crippen LogP contribution is 2.23. The Morgan fingerprint density at radius 3 is 3.18 bits per heavy atom. The van der Waals surface area contributed by atoms with Gasteiger partial charge in [-0.1, -0.05) is 6.07 Å². The van der Waals surface area contributed by atoms with E-state index in [9.17, 15) is 0 Å². The highest BCUT2D eigenvalue weighted by Gasteiger charge is 2.13. The molecule has 2 rings (SSSR count). The number of aromatic nitrogens is 1. The van der Waals surface area contributed by atoms with Gasteiger partial charge in [0.1, 0.15) is 0 Å². The molecule has 0 radical (unpaired) electrons. The molecule has 1 aliphatic heterocycles. The fourth-order valence-electron chi connectivity index (χ4n) is 1.69. The molecule has 0 aliphatic carbocycles. The van der Waals surface area contributed by atoms with Gasteiger partial charge in [-0.2, -0.15) is 23.5 Å². The number of thioether (sulfide) groups is 2. The number of hydrogen-bond acceptors (Lipinski definition) is 5. The first-order chi connectivity index (χ1) is 8.38. The van der Waals surface area contributed by atoms with Gasteiger partial charge in [-0.25, -0.2) is 4.98 Å². The van der Waals surface area contributed by atoms with Crippen LogP contribution in [0.15, 0.2) is 18.2 Å². The van der Waals surface area contributed by atoms with E-state index in [2.05, 4.69) is 33.8 Å². The zero-order valence-electron chi connectivity index (χ0n) is 10.0. The fraction of sp³-hybridized carbons (Fsp3) is 0.583. The molecule has 94 valence electrons. The second-order valence-corrected chi connectivity index (χ2v) is 6.43. The lowest BCUT2D eigenvalue weighted by molar-refractivity contribution is 0.395. The molecule has 0 spiro atoms. The maximum absolute atomic E-state index is 5.10. The Morgan fingerprint density at radius 2 is 2.41 bits per heavy atom. The molecule has 1 aromatic heterocycles. The topological polar surface area (TPSA) is 34.1 Å². The lowest BCUT2D eigenvalue weighted by Crippen LogP contribution is -2.28. The second kappa shape index (κ2) is 7.13. The molecular formula is C12H18N2OS2. The van der Waals surface area contributed by atoms with E-state index in [0.29, 0.717) is 5.88 Å². The van der Waals surface area contributed by atoms with Crippen LogP contribution in [-0.2, 0) is 6.54 Å². The third kappa shape index (κ3) is 4.41. The zero-order valence-corrected chi connectivity index (χ0v) is 11.6. The van der Waals surface area contributed by atoms with Gasteiger partial charge in [0.05, 0.1) is 12.8 Å². The van der Waals surface area contributed by atoms with Crippen LogP contribution in [0, 0.1) is 0 Å². The van der Waals surface area contributed by atoms with Crippen molar-refractivity contribution in [3.05, 3.63) is 23.9 Å². The van der Waals surface area contributed by atoms with Crippen LogP contribution in [0.3, 0.4) is 0 Å². The predicted molar refractivity (Wildman–Crippen MR) is 76.1 cm³/mol. The van der Waals surface area contributed by atoms with Crippen LogP contribution in [-0.4, -0.2) is 41.1 Å². The molecule has 1 saturated heterocycles. The smallest absolute Gasteiger partial charge is 0.213 e. The van der Waals surface area contributed by atoms with Crippen molar-refractivity contribution in [2.45, 2.75) is 11.8 Å². The maximum Gasteiger partial charge on any atom is 0.213 e. The van der Waals surface area contributed by atoms with Gasteiger partial charge in [-0.3, -0.25) is 0 Å². The Balaban J connectivity index is 1.73. The lowest BCUT2D eigenvalue weighted by atomic mass is 10.3. The Morgan fingerprint density at radius 1 is 1.47 bits per heavy atom. The molecular weight excluding hydrogens is 252 g/mol. The first kappa shape index (κ1) is 13.1. The van der Waals surface area contributed by atoms with Gasteiger partial charge in [0, 0.05) is 41.7 Å². The highest BCUT2D eigenvalue weighted by atomic mass is 32.2. The summed E-state index contributed by atoms with van der Waals surface area (Å²) in [5.41, 5.74) is 1.04. The van der Waals surface area contributed by atoms with E-state index in [1.165, 1.54) is 17.3 Å².